The van der Waals surface area contributed by atoms with E-state index in [0.717, 1.165) is 13.1 Å². The Hall–Kier alpha value is -0.930. The Kier molecular flexibility index (Phi) is 5.43. The van der Waals surface area contributed by atoms with Crippen molar-refractivity contribution in [1.29, 1.82) is 0 Å². The maximum absolute atomic E-state index is 4.17. The van der Waals surface area contributed by atoms with Crippen molar-refractivity contribution in [3.05, 3.63) is 29.6 Å². The first-order chi connectivity index (χ1) is 7.61. The third-order valence-electron chi connectivity index (χ3n) is 2.78. The van der Waals surface area contributed by atoms with Gasteiger partial charge in [-0.3, -0.25) is 4.98 Å². The van der Waals surface area contributed by atoms with Crippen LogP contribution in [0, 0.1) is 6.92 Å². The van der Waals surface area contributed by atoms with Crippen LogP contribution >= 0.6 is 0 Å². The van der Waals surface area contributed by atoms with E-state index < -0.39 is 0 Å². The molecular formula is C13H23N3. The van der Waals surface area contributed by atoms with Crippen LogP contribution in [0.1, 0.15) is 30.5 Å². The van der Waals surface area contributed by atoms with E-state index in [9.17, 15) is 0 Å². The van der Waals surface area contributed by atoms with Gasteiger partial charge in [0.2, 0.25) is 0 Å². The summed E-state index contributed by atoms with van der Waals surface area (Å²) >= 11 is 0. The molecule has 1 aromatic rings. The van der Waals surface area contributed by atoms with Gasteiger partial charge in [-0.1, -0.05) is 0 Å². The van der Waals surface area contributed by atoms with E-state index in [1.54, 1.807) is 0 Å². The van der Waals surface area contributed by atoms with Crippen molar-refractivity contribution < 1.29 is 0 Å². The van der Waals surface area contributed by atoms with Crippen molar-refractivity contribution in [1.82, 2.24) is 15.2 Å². The number of aryl methyl sites for hydroxylation is 1. The zero-order valence-electron chi connectivity index (χ0n) is 10.8. The lowest BCUT2D eigenvalue weighted by molar-refractivity contribution is 0.389. The maximum Gasteiger partial charge on any atom is 0.0318 e. The first-order valence-electron chi connectivity index (χ1n) is 5.90. The molecule has 1 atom stereocenters. The van der Waals surface area contributed by atoms with Gasteiger partial charge in [-0.05, 0) is 64.6 Å². The molecule has 0 amide bonds. The van der Waals surface area contributed by atoms with Crippen molar-refractivity contribution >= 4 is 0 Å². The summed E-state index contributed by atoms with van der Waals surface area (Å²) in [7, 11) is 4.21. The Bertz CT molecular complexity index is 310. The van der Waals surface area contributed by atoms with E-state index in [1.807, 2.05) is 12.4 Å². The van der Waals surface area contributed by atoms with E-state index in [2.05, 4.69) is 49.2 Å². The highest BCUT2D eigenvalue weighted by molar-refractivity contribution is 5.24. The Morgan fingerprint density at radius 1 is 1.44 bits per heavy atom. The molecule has 0 bridgehead atoms. The molecule has 1 rings (SSSR count). The fraction of sp³-hybridized carbons (Fsp3) is 0.615. The standard InChI is InChI=1S/C13H23N3/c1-11-6-8-14-10-13(11)12(2)15-7-5-9-16(3)4/h6,8,10,12,15H,5,7,9H2,1-4H3. The van der Waals surface area contributed by atoms with Gasteiger partial charge in [0.05, 0.1) is 0 Å². The monoisotopic (exact) mass is 221 g/mol. The summed E-state index contributed by atoms with van der Waals surface area (Å²) in [5, 5.41) is 3.53. The molecule has 0 aliphatic carbocycles. The van der Waals surface area contributed by atoms with Crippen molar-refractivity contribution in [3.63, 3.8) is 0 Å². The molecule has 0 aliphatic heterocycles. The quantitative estimate of drug-likeness (QED) is 0.745. The molecule has 3 heteroatoms. The zero-order chi connectivity index (χ0) is 12.0. The molecule has 1 N–H and O–H groups in total. The lowest BCUT2D eigenvalue weighted by atomic mass is 10.1. The number of nitrogens with one attached hydrogen (secondary N) is 1. The van der Waals surface area contributed by atoms with Crippen LogP contribution in [0.4, 0.5) is 0 Å². The summed E-state index contributed by atoms with van der Waals surface area (Å²) in [6, 6.07) is 2.45. The fourth-order valence-corrected chi connectivity index (χ4v) is 1.75. The number of rotatable bonds is 6. The van der Waals surface area contributed by atoms with Crippen LogP contribution < -0.4 is 5.32 Å². The topological polar surface area (TPSA) is 28.2 Å². The van der Waals surface area contributed by atoms with E-state index in [0.29, 0.717) is 6.04 Å². The third kappa shape index (κ3) is 4.29. The van der Waals surface area contributed by atoms with E-state index >= 15 is 0 Å². The predicted molar refractivity (Wildman–Crippen MR) is 68.6 cm³/mol. The number of hydrogen-bond donors (Lipinski definition) is 1. The molecule has 16 heavy (non-hydrogen) atoms. The Morgan fingerprint density at radius 2 is 2.19 bits per heavy atom. The highest BCUT2D eigenvalue weighted by atomic mass is 15.1. The van der Waals surface area contributed by atoms with Gasteiger partial charge in [0, 0.05) is 18.4 Å². The van der Waals surface area contributed by atoms with Gasteiger partial charge in [-0.25, -0.2) is 0 Å². The minimum atomic E-state index is 0.385. The average molecular weight is 221 g/mol. The van der Waals surface area contributed by atoms with Gasteiger partial charge in [-0.2, -0.15) is 0 Å². The number of nitrogens with zero attached hydrogens (tertiary/aromatic N) is 2. The minimum absolute atomic E-state index is 0.385. The number of hydrogen-bond acceptors (Lipinski definition) is 3. The summed E-state index contributed by atoms with van der Waals surface area (Å²) in [6.45, 7) is 6.51. The molecule has 1 heterocycles. The molecule has 0 saturated heterocycles. The van der Waals surface area contributed by atoms with Crippen LogP contribution in [0.25, 0.3) is 0 Å². The summed E-state index contributed by atoms with van der Waals surface area (Å²) < 4.78 is 0. The second-order valence-electron chi connectivity index (χ2n) is 4.56. The minimum Gasteiger partial charge on any atom is -0.310 e. The van der Waals surface area contributed by atoms with Gasteiger partial charge in [0.15, 0.2) is 0 Å². The Labute approximate surface area is 98.9 Å². The second-order valence-corrected chi connectivity index (χ2v) is 4.56. The predicted octanol–water partition coefficient (Wildman–Crippen LogP) is 1.99. The second kappa shape index (κ2) is 6.61. The van der Waals surface area contributed by atoms with Crippen LogP contribution in [0.15, 0.2) is 18.5 Å². The summed E-state index contributed by atoms with van der Waals surface area (Å²) in [5.41, 5.74) is 2.61. The molecule has 0 spiro atoms. The maximum atomic E-state index is 4.17. The molecule has 0 fully saturated rings. The largest absolute Gasteiger partial charge is 0.310 e. The Morgan fingerprint density at radius 3 is 2.81 bits per heavy atom. The zero-order valence-corrected chi connectivity index (χ0v) is 10.8. The molecule has 90 valence electrons. The van der Waals surface area contributed by atoms with Crippen molar-refractivity contribution in [2.75, 3.05) is 27.2 Å². The van der Waals surface area contributed by atoms with Gasteiger partial charge in [0.1, 0.15) is 0 Å². The normalized spacial score (nSPS) is 13.1. The van der Waals surface area contributed by atoms with Crippen LogP contribution in [-0.2, 0) is 0 Å². The van der Waals surface area contributed by atoms with Crippen LogP contribution in [-0.4, -0.2) is 37.1 Å². The van der Waals surface area contributed by atoms with Crippen molar-refractivity contribution in [3.8, 4) is 0 Å². The third-order valence-corrected chi connectivity index (χ3v) is 2.78. The molecule has 0 radical (unpaired) electrons. The average Bonchev–Trinajstić information content (AvgIpc) is 2.24. The first kappa shape index (κ1) is 13.1. The summed E-state index contributed by atoms with van der Waals surface area (Å²) in [4.78, 5) is 6.38. The van der Waals surface area contributed by atoms with E-state index in [1.165, 1.54) is 17.5 Å². The molecule has 1 unspecified atom stereocenters. The smallest absolute Gasteiger partial charge is 0.0318 e. The number of aromatic nitrogens is 1. The summed E-state index contributed by atoms with van der Waals surface area (Å²) in [5.74, 6) is 0. The van der Waals surface area contributed by atoms with Gasteiger partial charge >= 0.3 is 0 Å². The fourth-order valence-electron chi connectivity index (χ4n) is 1.75. The van der Waals surface area contributed by atoms with E-state index in [4.69, 9.17) is 0 Å². The number of pyridine rings is 1. The van der Waals surface area contributed by atoms with Crippen molar-refractivity contribution in [2.24, 2.45) is 0 Å². The Balaban J connectivity index is 2.35. The van der Waals surface area contributed by atoms with Gasteiger partial charge in [-0.15, -0.1) is 0 Å². The molecular weight excluding hydrogens is 198 g/mol. The molecule has 3 nitrogen and oxygen atoms in total. The van der Waals surface area contributed by atoms with Crippen LogP contribution in [0.3, 0.4) is 0 Å². The van der Waals surface area contributed by atoms with Gasteiger partial charge < -0.3 is 10.2 Å². The van der Waals surface area contributed by atoms with Crippen molar-refractivity contribution in [2.45, 2.75) is 26.3 Å². The highest BCUT2D eigenvalue weighted by Gasteiger charge is 2.06. The SMILES string of the molecule is Cc1ccncc1C(C)NCCCN(C)C. The molecule has 0 saturated carbocycles. The molecule has 0 aliphatic rings. The van der Waals surface area contributed by atoms with Gasteiger partial charge in [0.25, 0.3) is 0 Å². The highest BCUT2D eigenvalue weighted by Crippen LogP contribution is 2.14. The summed E-state index contributed by atoms with van der Waals surface area (Å²) in [6.07, 6.45) is 4.98. The van der Waals surface area contributed by atoms with E-state index in [-0.39, 0.29) is 0 Å². The molecule has 1 aromatic heterocycles. The lowest BCUT2D eigenvalue weighted by Crippen LogP contribution is -2.24. The van der Waals surface area contributed by atoms with Crippen LogP contribution in [0.2, 0.25) is 0 Å². The lowest BCUT2D eigenvalue weighted by Gasteiger charge is -2.17. The molecule has 0 aromatic carbocycles. The van der Waals surface area contributed by atoms with Crippen LogP contribution in [0.5, 0.6) is 0 Å². The first-order valence-corrected chi connectivity index (χ1v) is 5.90.